The van der Waals surface area contributed by atoms with Crippen LogP contribution in [-0.2, 0) is 14.3 Å². The maximum atomic E-state index is 12.6. The first-order valence-corrected chi connectivity index (χ1v) is 7.11. The van der Waals surface area contributed by atoms with Crippen LogP contribution in [0.1, 0.15) is 6.92 Å². The molecular weight excluding hydrogens is 288 g/mol. The van der Waals surface area contributed by atoms with Gasteiger partial charge in [0.25, 0.3) is 0 Å². The number of anilines is 1. The van der Waals surface area contributed by atoms with E-state index < -0.39 is 6.04 Å². The second kappa shape index (κ2) is 5.84. The molecule has 0 saturated carbocycles. The smallest absolute Gasteiger partial charge is 0.249 e. The second-order valence-corrected chi connectivity index (χ2v) is 5.22. The van der Waals surface area contributed by atoms with Crippen molar-refractivity contribution in [3.63, 3.8) is 0 Å². The molecule has 2 aliphatic heterocycles. The van der Waals surface area contributed by atoms with Crippen molar-refractivity contribution >= 4 is 17.5 Å². The van der Waals surface area contributed by atoms with Gasteiger partial charge < -0.3 is 24.0 Å². The third-order valence-electron chi connectivity index (χ3n) is 3.91. The molecule has 7 nitrogen and oxygen atoms in total. The first kappa shape index (κ1) is 14.6. The van der Waals surface area contributed by atoms with Crippen molar-refractivity contribution in [2.24, 2.45) is 0 Å². The van der Waals surface area contributed by atoms with Gasteiger partial charge in [-0.15, -0.1) is 0 Å². The predicted octanol–water partition coefficient (Wildman–Crippen LogP) is 0.625. The molecule has 1 saturated heterocycles. The zero-order chi connectivity index (χ0) is 15.7. The van der Waals surface area contributed by atoms with Crippen molar-refractivity contribution in [2.45, 2.75) is 13.0 Å². The number of ether oxygens (including phenoxy) is 3. The van der Waals surface area contributed by atoms with E-state index in [-0.39, 0.29) is 25.2 Å². The highest BCUT2D eigenvalue weighted by atomic mass is 16.7. The number of piperazine rings is 1. The van der Waals surface area contributed by atoms with E-state index in [1.807, 2.05) is 6.07 Å². The Balaban J connectivity index is 1.77. The number of hydrogen-bond acceptors (Lipinski definition) is 5. The van der Waals surface area contributed by atoms with Gasteiger partial charge in [-0.25, -0.2) is 0 Å². The number of nitrogens with zero attached hydrogens (tertiary/aromatic N) is 2. The number of benzene rings is 1. The highest BCUT2D eigenvalue weighted by Crippen LogP contribution is 2.36. The Morgan fingerprint density at radius 3 is 2.86 bits per heavy atom. The standard InChI is InChI=1S/C15H18N2O5/c1-10-15(19)17(6-5-16(10)14(18)8-20-2)11-3-4-12-13(7-11)22-9-21-12/h3-4,7,10H,5-6,8-9H2,1-2H3/t10-/m0/s1. The summed E-state index contributed by atoms with van der Waals surface area (Å²) in [6, 6.07) is 4.89. The van der Waals surface area contributed by atoms with Gasteiger partial charge in [-0.05, 0) is 19.1 Å². The molecule has 22 heavy (non-hydrogen) atoms. The molecule has 0 aliphatic carbocycles. The Morgan fingerprint density at radius 2 is 2.09 bits per heavy atom. The van der Waals surface area contributed by atoms with Crippen LogP contribution in [0.2, 0.25) is 0 Å². The molecular formula is C15H18N2O5. The van der Waals surface area contributed by atoms with Crippen LogP contribution < -0.4 is 14.4 Å². The van der Waals surface area contributed by atoms with Crippen LogP contribution in [0.5, 0.6) is 11.5 Å². The Hall–Kier alpha value is -2.28. The molecule has 0 bridgehead atoms. The van der Waals surface area contributed by atoms with Crippen LogP contribution in [0.15, 0.2) is 18.2 Å². The predicted molar refractivity (Wildman–Crippen MR) is 78.0 cm³/mol. The van der Waals surface area contributed by atoms with E-state index >= 15 is 0 Å². The average molecular weight is 306 g/mol. The average Bonchev–Trinajstić information content (AvgIpc) is 2.97. The monoisotopic (exact) mass is 306 g/mol. The zero-order valence-corrected chi connectivity index (χ0v) is 12.6. The van der Waals surface area contributed by atoms with Gasteiger partial charge in [0.05, 0.1) is 0 Å². The number of methoxy groups -OCH3 is 1. The Bertz CT molecular complexity index is 604. The molecule has 2 heterocycles. The highest BCUT2D eigenvalue weighted by molar-refractivity contribution is 6.00. The third-order valence-corrected chi connectivity index (χ3v) is 3.91. The van der Waals surface area contributed by atoms with Gasteiger partial charge >= 0.3 is 0 Å². The SMILES string of the molecule is COCC(=O)N1CCN(c2ccc3c(c2)OCO3)C(=O)[C@@H]1C. The van der Waals surface area contributed by atoms with Gasteiger partial charge in [-0.2, -0.15) is 0 Å². The lowest BCUT2D eigenvalue weighted by Gasteiger charge is -2.39. The van der Waals surface area contributed by atoms with E-state index in [1.165, 1.54) is 7.11 Å². The van der Waals surface area contributed by atoms with Crippen molar-refractivity contribution in [1.29, 1.82) is 0 Å². The molecule has 1 aromatic rings. The van der Waals surface area contributed by atoms with E-state index in [4.69, 9.17) is 14.2 Å². The number of carbonyl (C=O) groups is 2. The first-order valence-electron chi connectivity index (χ1n) is 7.11. The second-order valence-electron chi connectivity index (χ2n) is 5.22. The van der Waals surface area contributed by atoms with Gasteiger partial charge in [-0.1, -0.05) is 0 Å². The maximum absolute atomic E-state index is 12.6. The van der Waals surface area contributed by atoms with Crippen LogP contribution in [0, 0.1) is 0 Å². The molecule has 118 valence electrons. The van der Waals surface area contributed by atoms with E-state index in [1.54, 1.807) is 28.9 Å². The third kappa shape index (κ3) is 2.48. The Kier molecular flexibility index (Phi) is 3.89. The zero-order valence-electron chi connectivity index (χ0n) is 12.6. The van der Waals surface area contributed by atoms with E-state index in [0.717, 1.165) is 5.69 Å². The number of amides is 2. The van der Waals surface area contributed by atoms with Crippen LogP contribution in [0.3, 0.4) is 0 Å². The molecule has 1 fully saturated rings. The van der Waals surface area contributed by atoms with Gasteiger partial charge in [0.1, 0.15) is 12.6 Å². The molecule has 0 N–H and O–H groups in total. The number of hydrogen-bond donors (Lipinski definition) is 0. The number of fused-ring (bicyclic) bond motifs is 1. The summed E-state index contributed by atoms with van der Waals surface area (Å²) in [4.78, 5) is 27.7. The van der Waals surface area contributed by atoms with E-state index in [0.29, 0.717) is 24.6 Å². The Labute approximate surface area is 128 Å². The van der Waals surface area contributed by atoms with Gasteiger partial charge in [0.15, 0.2) is 11.5 Å². The van der Waals surface area contributed by atoms with Crippen molar-refractivity contribution in [3.8, 4) is 11.5 Å². The molecule has 0 spiro atoms. The molecule has 0 radical (unpaired) electrons. The molecule has 2 aliphatic rings. The summed E-state index contributed by atoms with van der Waals surface area (Å²) in [5, 5.41) is 0. The van der Waals surface area contributed by atoms with Crippen molar-refractivity contribution in [1.82, 2.24) is 4.90 Å². The van der Waals surface area contributed by atoms with Crippen LogP contribution in [-0.4, -0.2) is 56.4 Å². The van der Waals surface area contributed by atoms with Crippen molar-refractivity contribution in [3.05, 3.63) is 18.2 Å². The molecule has 1 aromatic carbocycles. The fourth-order valence-electron chi connectivity index (χ4n) is 2.73. The van der Waals surface area contributed by atoms with Crippen LogP contribution in [0.4, 0.5) is 5.69 Å². The van der Waals surface area contributed by atoms with E-state index in [9.17, 15) is 9.59 Å². The largest absolute Gasteiger partial charge is 0.454 e. The van der Waals surface area contributed by atoms with Crippen LogP contribution >= 0.6 is 0 Å². The lowest BCUT2D eigenvalue weighted by Crippen LogP contribution is -2.58. The molecule has 7 heteroatoms. The quantitative estimate of drug-likeness (QED) is 0.819. The summed E-state index contributed by atoms with van der Waals surface area (Å²) in [5.74, 6) is 1.03. The molecule has 1 atom stereocenters. The molecule has 3 rings (SSSR count). The minimum Gasteiger partial charge on any atom is -0.454 e. The lowest BCUT2D eigenvalue weighted by molar-refractivity contribution is -0.143. The topological polar surface area (TPSA) is 68.3 Å². The summed E-state index contributed by atoms with van der Waals surface area (Å²) >= 11 is 0. The summed E-state index contributed by atoms with van der Waals surface area (Å²) in [6.45, 7) is 2.83. The van der Waals surface area contributed by atoms with Crippen molar-refractivity contribution < 1.29 is 23.8 Å². The molecule has 2 amide bonds. The fraction of sp³-hybridized carbons (Fsp3) is 0.467. The Morgan fingerprint density at radius 1 is 1.32 bits per heavy atom. The van der Waals surface area contributed by atoms with E-state index in [2.05, 4.69) is 0 Å². The fourth-order valence-corrected chi connectivity index (χ4v) is 2.73. The van der Waals surface area contributed by atoms with Gasteiger partial charge in [-0.3, -0.25) is 9.59 Å². The normalized spacial score (nSPS) is 20.5. The summed E-state index contributed by atoms with van der Waals surface area (Å²) < 4.78 is 15.5. The molecule has 0 aromatic heterocycles. The molecule has 0 unspecified atom stereocenters. The maximum Gasteiger partial charge on any atom is 0.249 e. The summed E-state index contributed by atoms with van der Waals surface area (Å²) in [6.07, 6.45) is 0. The number of carbonyl (C=O) groups excluding carboxylic acids is 2. The highest BCUT2D eigenvalue weighted by Gasteiger charge is 2.35. The minimum atomic E-state index is -0.512. The van der Waals surface area contributed by atoms with Gasteiger partial charge in [0, 0.05) is 32.0 Å². The summed E-state index contributed by atoms with van der Waals surface area (Å²) in [5.41, 5.74) is 0.750. The van der Waals surface area contributed by atoms with Crippen molar-refractivity contribution in [2.75, 3.05) is 38.5 Å². The first-order chi connectivity index (χ1) is 10.6. The number of rotatable bonds is 3. The van der Waals surface area contributed by atoms with Crippen LogP contribution in [0.25, 0.3) is 0 Å². The lowest BCUT2D eigenvalue weighted by atomic mass is 10.1. The van der Waals surface area contributed by atoms with Gasteiger partial charge in [0.2, 0.25) is 18.6 Å². The summed E-state index contributed by atoms with van der Waals surface area (Å²) in [7, 11) is 1.47. The minimum absolute atomic E-state index is 0.0123.